The van der Waals surface area contributed by atoms with Crippen LogP contribution in [-0.2, 0) is 28.6 Å². The lowest BCUT2D eigenvalue weighted by molar-refractivity contribution is -0.252. The Kier molecular flexibility index (Phi) is 8.47. The molecule has 0 bridgehead atoms. The first-order chi connectivity index (χ1) is 20.1. The van der Waals surface area contributed by atoms with Gasteiger partial charge in [0, 0.05) is 17.8 Å². The van der Waals surface area contributed by atoms with Crippen LogP contribution in [0.4, 0.5) is 0 Å². The number of hydrogen-bond donors (Lipinski definition) is 0. The molecule has 0 saturated heterocycles. The van der Waals surface area contributed by atoms with Crippen molar-refractivity contribution in [2.24, 2.45) is 56.7 Å². The van der Waals surface area contributed by atoms with Crippen molar-refractivity contribution in [3.8, 4) is 0 Å². The summed E-state index contributed by atoms with van der Waals surface area (Å²) < 4.78 is 16.6. The van der Waals surface area contributed by atoms with E-state index in [1.165, 1.54) is 44.8 Å². The van der Waals surface area contributed by atoms with Gasteiger partial charge in [0.05, 0.1) is 26.6 Å². The number of carbonyl (C=O) groups excluding carboxylic acids is 3. The van der Waals surface area contributed by atoms with Crippen molar-refractivity contribution in [3.63, 3.8) is 0 Å². The fourth-order valence-electron chi connectivity index (χ4n) is 12.5. The molecule has 5 rings (SSSR count). The summed E-state index contributed by atoms with van der Waals surface area (Å²) in [5.41, 5.74) is 1.91. The fraction of sp³-hybridized carbons (Fsp3) is 0.865. The lowest BCUT2D eigenvalue weighted by atomic mass is 9.32. The predicted octanol–water partition coefficient (Wildman–Crippen LogP) is 8.07. The summed E-state index contributed by atoms with van der Waals surface area (Å²) in [7, 11) is 1.35. The highest BCUT2D eigenvalue weighted by Gasteiger charge is 2.71. The standard InChI is InChI=1S/C37H58O6/c1-23(2)25-14-19-37(22-42-31(40)13-12-30(39)41-9)21-20-35(7)26(32(25)37)10-11-28-34(6)17-16-29(43-24(3)38)33(4,5)27(34)15-18-36(28,35)8/h25-29,32H,1,10-22H2,2-9H3/t25-,26-,27-,28+,29-,32-,34-,35+,36+,37-/m0/s1. The zero-order valence-electron chi connectivity index (χ0n) is 28.3. The van der Waals surface area contributed by atoms with E-state index in [4.69, 9.17) is 14.2 Å². The van der Waals surface area contributed by atoms with Gasteiger partial charge in [-0.25, -0.2) is 0 Å². The molecule has 0 aromatic heterocycles. The molecule has 5 saturated carbocycles. The summed E-state index contributed by atoms with van der Waals surface area (Å²) >= 11 is 0. The van der Waals surface area contributed by atoms with Gasteiger partial charge in [0.25, 0.3) is 0 Å². The molecule has 5 fully saturated rings. The Morgan fingerprint density at radius 1 is 0.767 bits per heavy atom. The molecular formula is C37H58O6. The highest BCUT2D eigenvalue weighted by atomic mass is 16.5. The van der Waals surface area contributed by atoms with Gasteiger partial charge in [0.15, 0.2) is 0 Å². The maximum Gasteiger partial charge on any atom is 0.306 e. The number of fused-ring (bicyclic) bond motifs is 7. The number of hydrogen-bond acceptors (Lipinski definition) is 6. The van der Waals surface area contributed by atoms with E-state index in [0.717, 1.165) is 32.1 Å². The first-order valence-electron chi connectivity index (χ1n) is 17.1. The van der Waals surface area contributed by atoms with E-state index in [1.54, 1.807) is 6.92 Å². The lowest BCUT2D eigenvalue weighted by Gasteiger charge is -2.73. The molecule has 0 N–H and O–H groups in total. The maximum atomic E-state index is 12.7. The van der Waals surface area contributed by atoms with E-state index < -0.39 is 0 Å². The Balaban J connectivity index is 1.42. The third-order valence-corrected chi connectivity index (χ3v) is 14.8. The van der Waals surface area contributed by atoms with Crippen molar-refractivity contribution in [3.05, 3.63) is 12.2 Å². The number of esters is 3. The molecule has 0 amide bonds. The van der Waals surface area contributed by atoms with Crippen LogP contribution in [0.25, 0.3) is 0 Å². The Hall–Kier alpha value is -1.85. The van der Waals surface area contributed by atoms with Gasteiger partial charge in [-0.05, 0) is 117 Å². The minimum atomic E-state index is -0.374. The van der Waals surface area contributed by atoms with Crippen molar-refractivity contribution in [1.29, 1.82) is 0 Å². The van der Waals surface area contributed by atoms with E-state index in [2.05, 4.69) is 48.1 Å². The zero-order chi connectivity index (χ0) is 31.6. The Morgan fingerprint density at radius 3 is 2.12 bits per heavy atom. The van der Waals surface area contributed by atoms with E-state index in [-0.39, 0.29) is 63.9 Å². The van der Waals surface area contributed by atoms with E-state index in [1.807, 2.05) is 0 Å². The maximum absolute atomic E-state index is 12.7. The molecule has 43 heavy (non-hydrogen) atoms. The highest BCUT2D eigenvalue weighted by molar-refractivity contribution is 5.77. The van der Waals surface area contributed by atoms with Crippen LogP contribution in [0, 0.1) is 56.7 Å². The van der Waals surface area contributed by atoms with Crippen molar-refractivity contribution in [1.82, 2.24) is 0 Å². The van der Waals surface area contributed by atoms with Gasteiger partial charge in [-0.1, -0.05) is 46.8 Å². The third-order valence-electron chi connectivity index (χ3n) is 14.8. The van der Waals surface area contributed by atoms with Crippen LogP contribution in [0.5, 0.6) is 0 Å². The summed E-state index contributed by atoms with van der Waals surface area (Å²) in [6.45, 7) is 21.3. The zero-order valence-corrected chi connectivity index (χ0v) is 28.3. The molecule has 10 atom stereocenters. The number of allylic oxidation sites excluding steroid dienone is 1. The van der Waals surface area contributed by atoms with Crippen molar-refractivity contribution in [2.75, 3.05) is 13.7 Å². The second kappa shape index (κ2) is 11.2. The van der Waals surface area contributed by atoms with E-state index in [9.17, 15) is 14.4 Å². The molecule has 0 heterocycles. The molecule has 0 aromatic carbocycles. The Morgan fingerprint density at radius 2 is 1.47 bits per heavy atom. The van der Waals surface area contributed by atoms with Crippen LogP contribution >= 0.6 is 0 Å². The fourth-order valence-corrected chi connectivity index (χ4v) is 12.5. The summed E-state index contributed by atoms with van der Waals surface area (Å²) in [5.74, 6) is 1.87. The van der Waals surface area contributed by atoms with Gasteiger partial charge in [-0.2, -0.15) is 0 Å². The van der Waals surface area contributed by atoms with Gasteiger partial charge in [0.2, 0.25) is 0 Å². The minimum Gasteiger partial charge on any atom is -0.469 e. The van der Waals surface area contributed by atoms with Gasteiger partial charge in [-0.15, -0.1) is 0 Å². The molecule has 5 aliphatic carbocycles. The molecular weight excluding hydrogens is 540 g/mol. The van der Waals surface area contributed by atoms with Gasteiger partial charge in [0.1, 0.15) is 6.10 Å². The second-order valence-corrected chi connectivity index (χ2v) is 16.7. The SMILES string of the molecule is C=C(C)[C@@H]1CC[C@@]2(COC(=O)CCC(=O)OC)CC[C@]3(C)[C@@H](CC[C@@H]4[C@@]5(C)CC[C@H](OC(C)=O)C(C)(C)[C@@H]5CC[C@]43C)[C@H]12. The van der Waals surface area contributed by atoms with Crippen LogP contribution in [0.15, 0.2) is 12.2 Å². The molecule has 0 spiro atoms. The normalized spacial score (nSPS) is 44.6. The first kappa shape index (κ1) is 32.5. The third kappa shape index (κ3) is 5.00. The Labute approximate surface area is 260 Å². The van der Waals surface area contributed by atoms with Gasteiger partial charge >= 0.3 is 17.9 Å². The number of ether oxygens (including phenoxy) is 3. The number of carbonyl (C=O) groups is 3. The Bertz CT molecular complexity index is 1140. The summed E-state index contributed by atoms with van der Waals surface area (Å²) in [5, 5.41) is 0. The van der Waals surface area contributed by atoms with Crippen LogP contribution in [0.3, 0.4) is 0 Å². The molecule has 0 unspecified atom stereocenters. The summed E-state index contributed by atoms with van der Waals surface area (Å²) in [4.78, 5) is 36.3. The van der Waals surface area contributed by atoms with E-state index in [0.29, 0.717) is 36.2 Å². The number of methoxy groups -OCH3 is 1. The average molecular weight is 599 g/mol. The number of rotatable bonds is 7. The van der Waals surface area contributed by atoms with Crippen LogP contribution in [0.2, 0.25) is 0 Å². The molecule has 0 aromatic rings. The lowest BCUT2D eigenvalue weighted by Crippen LogP contribution is -2.67. The molecule has 6 heteroatoms. The van der Waals surface area contributed by atoms with Crippen LogP contribution < -0.4 is 0 Å². The smallest absolute Gasteiger partial charge is 0.306 e. The molecule has 6 nitrogen and oxygen atoms in total. The average Bonchev–Trinajstić information content (AvgIpc) is 3.32. The largest absolute Gasteiger partial charge is 0.469 e. The minimum absolute atomic E-state index is 0.000188. The first-order valence-corrected chi connectivity index (χ1v) is 17.1. The molecule has 5 aliphatic rings. The highest BCUT2D eigenvalue weighted by Crippen LogP contribution is 2.77. The van der Waals surface area contributed by atoms with Crippen LogP contribution in [0.1, 0.15) is 126 Å². The van der Waals surface area contributed by atoms with Crippen molar-refractivity contribution >= 4 is 17.9 Å². The monoisotopic (exact) mass is 598 g/mol. The van der Waals surface area contributed by atoms with E-state index >= 15 is 0 Å². The van der Waals surface area contributed by atoms with Gasteiger partial charge < -0.3 is 14.2 Å². The van der Waals surface area contributed by atoms with Crippen molar-refractivity contribution in [2.45, 2.75) is 132 Å². The summed E-state index contributed by atoms with van der Waals surface area (Å²) in [6, 6.07) is 0. The molecule has 0 aliphatic heterocycles. The van der Waals surface area contributed by atoms with Gasteiger partial charge in [-0.3, -0.25) is 14.4 Å². The van der Waals surface area contributed by atoms with Crippen molar-refractivity contribution < 1.29 is 28.6 Å². The predicted molar refractivity (Wildman–Crippen MR) is 167 cm³/mol. The topological polar surface area (TPSA) is 78.9 Å². The second-order valence-electron chi connectivity index (χ2n) is 16.7. The molecule has 0 radical (unpaired) electrons. The quantitative estimate of drug-likeness (QED) is 0.168. The molecule has 242 valence electrons. The summed E-state index contributed by atoms with van der Waals surface area (Å²) in [6.07, 6.45) is 11.6. The van der Waals surface area contributed by atoms with Crippen LogP contribution in [-0.4, -0.2) is 37.7 Å².